The number of amides is 1. The second kappa shape index (κ2) is 8.34. The third-order valence-corrected chi connectivity index (χ3v) is 5.84. The Morgan fingerprint density at radius 1 is 1.00 bits per heavy atom. The number of fused-ring (bicyclic) bond motifs is 1. The van der Waals surface area contributed by atoms with Gasteiger partial charge in [0.05, 0.1) is 11.2 Å². The van der Waals surface area contributed by atoms with E-state index in [4.69, 9.17) is 0 Å². The van der Waals surface area contributed by atoms with Gasteiger partial charge in [-0.1, -0.05) is 42.8 Å². The molecule has 0 spiro atoms. The lowest BCUT2D eigenvalue weighted by atomic mass is 10.1. The summed E-state index contributed by atoms with van der Waals surface area (Å²) in [5.41, 5.74) is 3.92. The maximum absolute atomic E-state index is 13.5. The summed E-state index contributed by atoms with van der Waals surface area (Å²) in [5, 5.41) is 2.91. The van der Waals surface area contributed by atoms with Gasteiger partial charge in [-0.2, -0.15) is 0 Å². The van der Waals surface area contributed by atoms with Gasteiger partial charge in [-0.15, -0.1) is 0 Å². The molecule has 0 aliphatic rings. The Morgan fingerprint density at radius 3 is 2.38 bits per heavy atom. The third kappa shape index (κ3) is 3.66. The molecular formula is C25H26N4O3. The minimum atomic E-state index is -0.545. The van der Waals surface area contributed by atoms with E-state index in [0.717, 1.165) is 33.5 Å². The second-order valence-electron chi connectivity index (χ2n) is 7.98. The first-order valence-electron chi connectivity index (χ1n) is 10.6. The summed E-state index contributed by atoms with van der Waals surface area (Å²) in [5.74, 6) is -0.329. The largest absolute Gasteiger partial charge is 0.342 e. The summed E-state index contributed by atoms with van der Waals surface area (Å²) >= 11 is 0. The van der Waals surface area contributed by atoms with E-state index in [2.05, 4.69) is 5.32 Å². The van der Waals surface area contributed by atoms with E-state index in [9.17, 15) is 14.4 Å². The van der Waals surface area contributed by atoms with Crippen molar-refractivity contribution in [3.8, 4) is 5.69 Å². The molecule has 4 aromatic rings. The quantitative estimate of drug-likeness (QED) is 0.528. The molecule has 0 bridgehead atoms. The number of carbonyl (C=O) groups is 1. The van der Waals surface area contributed by atoms with Crippen molar-refractivity contribution in [1.29, 1.82) is 0 Å². The molecule has 164 valence electrons. The van der Waals surface area contributed by atoms with Crippen molar-refractivity contribution < 1.29 is 4.79 Å². The summed E-state index contributed by atoms with van der Waals surface area (Å²) in [6, 6.07) is 16.5. The van der Waals surface area contributed by atoms with Crippen LogP contribution in [0.5, 0.6) is 0 Å². The molecule has 0 radical (unpaired) electrons. The lowest BCUT2D eigenvalue weighted by Crippen LogP contribution is -2.41. The SMILES string of the molecule is CCc1ccccc1NC(=O)Cn1c(=O)n(-c2ccc(C)cc2)c(=O)c2c1cc(C)n2C. The number of hydrogen-bond acceptors (Lipinski definition) is 3. The number of benzene rings is 2. The van der Waals surface area contributed by atoms with E-state index in [1.54, 1.807) is 29.8 Å². The van der Waals surface area contributed by atoms with E-state index < -0.39 is 11.2 Å². The number of para-hydroxylation sites is 1. The van der Waals surface area contributed by atoms with Crippen molar-refractivity contribution in [3.63, 3.8) is 0 Å². The number of aryl methyl sites for hydroxylation is 4. The Morgan fingerprint density at radius 2 is 1.69 bits per heavy atom. The fourth-order valence-corrected chi connectivity index (χ4v) is 3.94. The molecule has 4 rings (SSSR count). The Hall–Kier alpha value is -3.87. The van der Waals surface area contributed by atoms with Crippen LogP contribution in [0.4, 0.5) is 5.69 Å². The predicted octanol–water partition coefficient (Wildman–Crippen LogP) is 3.31. The molecule has 2 aromatic heterocycles. The minimum Gasteiger partial charge on any atom is -0.342 e. The molecular weight excluding hydrogens is 404 g/mol. The van der Waals surface area contributed by atoms with Gasteiger partial charge in [0.2, 0.25) is 5.91 Å². The van der Waals surface area contributed by atoms with Crippen LogP contribution in [0.25, 0.3) is 16.7 Å². The van der Waals surface area contributed by atoms with Crippen molar-refractivity contribution in [3.05, 3.63) is 92.3 Å². The fraction of sp³-hybridized carbons (Fsp3) is 0.240. The van der Waals surface area contributed by atoms with Crippen LogP contribution in [-0.2, 0) is 24.8 Å². The lowest BCUT2D eigenvalue weighted by molar-refractivity contribution is -0.116. The highest BCUT2D eigenvalue weighted by Gasteiger charge is 2.20. The zero-order valence-corrected chi connectivity index (χ0v) is 18.7. The van der Waals surface area contributed by atoms with Crippen molar-refractivity contribution in [1.82, 2.24) is 13.7 Å². The van der Waals surface area contributed by atoms with Crippen LogP contribution in [-0.4, -0.2) is 19.6 Å². The van der Waals surface area contributed by atoms with Crippen LogP contribution < -0.4 is 16.6 Å². The molecule has 32 heavy (non-hydrogen) atoms. The normalized spacial score (nSPS) is 11.1. The molecule has 0 saturated carbocycles. The zero-order valence-electron chi connectivity index (χ0n) is 18.7. The molecule has 0 fully saturated rings. The molecule has 0 aliphatic carbocycles. The first kappa shape index (κ1) is 21.4. The topological polar surface area (TPSA) is 78.0 Å². The van der Waals surface area contributed by atoms with Gasteiger partial charge in [0.25, 0.3) is 5.56 Å². The van der Waals surface area contributed by atoms with Crippen LogP contribution in [0.1, 0.15) is 23.7 Å². The minimum absolute atomic E-state index is 0.205. The Bertz CT molecular complexity index is 1440. The summed E-state index contributed by atoms with van der Waals surface area (Å²) in [7, 11) is 1.78. The molecule has 2 heterocycles. The summed E-state index contributed by atoms with van der Waals surface area (Å²) < 4.78 is 4.25. The standard InChI is InChI=1S/C25H26N4O3/c1-5-18-8-6-7-9-20(18)26-22(30)15-28-21-14-17(3)27(4)23(21)24(31)29(25(28)32)19-12-10-16(2)11-13-19/h6-14H,5,15H2,1-4H3,(H,26,30). The van der Waals surface area contributed by atoms with E-state index >= 15 is 0 Å². The first-order chi connectivity index (χ1) is 15.3. The Balaban J connectivity index is 1.86. The predicted molar refractivity (Wildman–Crippen MR) is 127 cm³/mol. The fourth-order valence-electron chi connectivity index (χ4n) is 3.94. The van der Waals surface area contributed by atoms with Gasteiger partial charge in [0.15, 0.2) is 0 Å². The summed E-state index contributed by atoms with van der Waals surface area (Å²) in [6.45, 7) is 5.61. The molecule has 2 aromatic carbocycles. The van der Waals surface area contributed by atoms with Crippen molar-refractivity contribution in [2.45, 2.75) is 33.7 Å². The summed E-state index contributed by atoms with van der Waals surface area (Å²) in [4.78, 5) is 39.7. The number of anilines is 1. The van der Waals surface area contributed by atoms with Gasteiger partial charge in [-0.3, -0.25) is 14.2 Å². The number of nitrogens with zero attached hydrogens (tertiary/aromatic N) is 3. The van der Waals surface area contributed by atoms with Gasteiger partial charge in [0.1, 0.15) is 12.1 Å². The molecule has 0 saturated heterocycles. The molecule has 7 nitrogen and oxygen atoms in total. The van der Waals surface area contributed by atoms with Crippen molar-refractivity contribution >= 4 is 22.6 Å². The second-order valence-corrected chi connectivity index (χ2v) is 7.98. The summed E-state index contributed by atoms with van der Waals surface area (Å²) in [6.07, 6.45) is 0.775. The van der Waals surface area contributed by atoms with Gasteiger partial charge in [-0.05, 0) is 50.1 Å². The Labute approximate surface area is 185 Å². The average Bonchev–Trinajstić information content (AvgIpc) is 3.07. The van der Waals surface area contributed by atoms with Crippen LogP contribution in [0.2, 0.25) is 0 Å². The zero-order chi connectivity index (χ0) is 23.0. The third-order valence-electron chi connectivity index (χ3n) is 5.84. The Kier molecular flexibility index (Phi) is 5.57. The van der Waals surface area contributed by atoms with Crippen LogP contribution in [0, 0.1) is 13.8 Å². The highest BCUT2D eigenvalue weighted by atomic mass is 16.2. The number of nitrogens with one attached hydrogen (secondary N) is 1. The maximum Gasteiger partial charge on any atom is 0.336 e. The van der Waals surface area contributed by atoms with E-state index in [1.165, 1.54) is 4.57 Å². The van der Waals surface area contributed by atoms with Crippen LogP contribution in [0.3, 0.4) is 0 Å². The van der Waals surface area contributed by atoms with Gasteiger partial charge >= 0.3 is 5.69 Å². The monoisotopic (exact) mass is 430 g/mol. The molecule has 0 atom stereocenters. The van der Waals surface area contributed by atoms with E-state index in [1.807, 2.05) is 57.2 Å². The van der Waals surface area contributed by atoms with Crippen LogP contribution in [0.15, 0.2) is 64.2 Å². The molecule has 1 N–H and O–H groups in total. The average molecular weight is 431 g/mol. The van der Waals surface area contributed by atoms with E-state index in [0.29, 0.717) is 16.7 Å². The first-order valence-corrected chi connectivity index (χ1v) is 10.6. The van der Waals surface area contributed by atoms with Crippen molar-refractivity contribution in [2.75, 3.05) is 5.32 Å². The number of carbonyl (C=O) groups excluding carboxylic acids is 1. The molecule has 1 amide bonds. The van der Waals surface area contributed by atoms with Gasteiger partial charge < -0.3 is 9.88 Å². The number of aromatic nitrogens is 3. The number of rotatable bonds is 5. The van der Waals surface area contributed by atoms with Crippen molar-refractivity contribution in [2.24, 2.45) is 7.05 Å². The highest BCUT2D eigenvalue weighted by Crippen LogP contribution is 2.17. The molecule has 0 unspecified atom stereocenters. The van der Waals surface area contributed by atoms with Gasteiger partial charge in [-0.25, -0.2) is 9.36 Å². The molecule has 7 heteroatoms. The number of hydrogen-bond donors (Lipinski definition) is 1. The highest BCUT2D eigenvalue weighted by molar-refractivity contribution is 5.92. The van der Waals surface area contributed by atoms with Gasteiger partial charge in [0, 0.05) is 18.4 Å². The maximum atomic E-state index is 13.5. The van der Waals surface area contributed by atoms with Crippen LogP contribution >= 0.6 is 0 Å². The lowest BCUT2D eigenvalue weighted by Gasteiger charge is -2.14. The molecule has 0 aliphatic heterocycles. The van der Waals surface area contributed by atoms with E-state index in [-0.39, 0.29) is 12.5 Å². The smallest absolute Gasteiger partial charge is 0.336 e.